The van der Waals surface area contributed by atoms with E-state index in [0.29, 0.717) is 12.0 Å². The molecule has 0 aliphatic carbocycles. The highest BCUT2D eigenvalue weighted by molar-refractivity contribution is 5.96. The van der Waals surface area contributed by atoms with Crippen LogP contribution in [0.4, 0.5) is 4.39 Å². The topological polar surface area (TPSA) is 64.0 Å². The maximum Gasteiger partial charge on any atom is 0.278 e. The zero-order valence-corrected chi connectivity index (χ0v) is 22.7. The third-order valence-electron chi connectivity index (χ3n) is 7.50. The lowest BCUT2D eigenvalue weighted by Crippen LogP contribution is -2.58. The summed E-state index contributed by atoms with van der Waals surface area (Å²) in [5.41, 5.74) is 2.08. The number of rotatable bonds is 5. The summed E-state index contributed by atoms with van der Waals surface area (Å²) in [4.78, 5) is 29.2. The van der Waals surface area contributed by atoms with E-state index in [2.05, 4.69) is 0 Å². The predicted octanol–water partition coefficient (Wildman–Crippen LogP) is 5.43. The zero-order chi connectivity index (χ0) is 28.3. The molecule has 2 bridgehead atoms. The molecule has 2 aliphatic heterocycles. The van der Waals surface area contributed by atoms with Crippen LogP contribution in [0, 0.1) is 5.82 Å². The third-order valence-corrected chi connectivity index (χ3v) is 7.50. The molecule has 1 aromatic heterocycles. The number of carbonyl (C=O) groups is 1. The number of ether oxygens (including phenoxy) is 2. The average molecular weight is 552 g/mol. The highest BCUT2D eigenvalue weighted by atomic mass is 19.1. The molecule has 0 saturated carbocycles. The molecule has 2 aliphatic rings. The van der Waals surface area contributed by atoms with Gasteiger partial charge >= 0.3 is 0 Å². The Balaban J connectivity index is 1.58. The maximum atomic E-state index is 15.3. The monoisotopic (exact) mass is 551 g/mol. The number of para-hydroxylation sites is 1. The molecule has 6 rings (SSSR count). The first-order valence-corrected chi connectivity index (χ1v) is 13.7. The number of benzene rings is 3. The van der Waals surface area contributed by atoms with Crippen LogP contribution in [0.15, 0.2) is 108 Å². The van der Waals surface area contributed by atoms with Gasteiger partial charge in [-0.15, -0.1) is 0 Å². The van der Waals surface area contributed by atoms with Crippen LogP contribution in [0.1, 0.15) is 46.6 Å². The summed E-state index contributed by atoms with van der Waals surface area (Å²) < 4.78 is 29.1. The first-order valence-electron chi connectivity index (χ1n) is 13.7. The summed E-state index contributed by atoms with van der Waals surface area (Å²) in [7, 11) is 0. The van der Waals surface area contributed by atoms with Crippen molar-refractivity contribution in [1.82, 2.24) is 9.58 Å². The zero-order valence-electron chi connectivity index (χ0n) is 22.7. The molecule has 0 saturated heterocycles. The first-order chi connectivity index (χ1) is 20.1. The van der Waals surface area contributed by atoms with E-state index in [1.54, 1.807) is 21.8 Å². The van der Waals surface area contributed by atoms with Crippen LogP contribution >= 0.6 is 0 Å². The Morgan fingerprint density at radius 3 is 2.46 bits per heavy atom. The highest BCUT2D eigenvalue weighted by Crippen LogP contribution is 2.39. The minimum atomic E-state index is -0.559. The number of aromatic nitrogens is 1. The molecule has 41 heavy (non-hydrogen) atoms. The van der Waals surface area contributed by atoms with E-state index in [0.717, 1.165) is 11.1 Å². The Labute approximate surface area is 237 Å². The third kappa shape index (κ3) is 4.97. The minimum absolute atomic E-state index is 0.0210. The van der Waals surface area contributed by atoms with Gasteiger partial charge in [0.2, 0.25) is 5.43 Å². The second kappa shape index (κ2) is 11.3. The molecule has 208 valence electrons. The molecule has 8 heteroatoms. The number of pyridine rings is 1. The molecular formula is C33H30FN3O4. The van der Waals surface area contributed by atoms with Gasteiger partial charge in [0.25, 0.3) is 5.91 Å². The van der Waals surface area contributed by atoms with Gasteiger partial charge < -0.3 is 14.4 Å². The Hall–Kier alpha value is -4.85. The number of nitrogens with zero attached hydrogens (tertiary/aromatic N) is 3. The average Bonchev–Trinajstić information content (AvgIpc) is 3.02. The summed E-state index contributed by atoms with van der Waals surface area (Å²) in [6.07, 6.45) is 5.93. The van der Waals surface area contributed by atoms with Gasteiger partial charge in [-0.25, -0.2) is 4.39 Å². The van der Waals surface area contributed by atoms with Crippen molar-refractivity contribution in [2.24, 2.45) is 0 Å². The fourth-order valence-corrected chi connectivity index (χ4v) is 5.52. The number of amides is 1. The van der Waals surface area contributed by atoms with Crippen LogP contribution in [0.5, 0.6) is 11.5 Å². The lowest BCUT2D eigenvalue weighted by molar-refractivity contribution is 0.0622. The van der Waals surface area contributed by atoms with Gasteiger partial charge in [-0.2, -0.15) is 0 Å². The Bertz CT molecular complexity index is 1640. The molecule has 0 radical (unpaired) electrons. The summed E-state index contributed by atoms with van der Waals surface area (Å²) in [6.45, 7) is 2.45. The second-order valence-corrected chi connectivity index (χ2v) is 10.0. The normalized spacial score (nSPS) is 18.9. The van der Waals surface area contributed by atoms with E-state index >= 15 is 4.39 Å². The van der Waals surface area contributed by atoms with Gasteiger partial charge in [-0.1, -0.05) is 85.8 Å². The number of hydrogen-bond acceptors (Lipinski definition) is 5. The van der Waals surface area contributed by atoms with E-state index < -0.39 is 11.9 Å². The van der Waals surface area contributed by atoms with Crippen molar-refractivity contribution in [3.8, 4) is 11.5 Å². The van der Waals surface area contributed by atoms with E-state index in [-0.39, 0.29) is 54.5 Å². The number of hydrogen-bond donors (Lipinski definition) is 0. The lowest BCUT2D eigenvalue weighted by atomic mass is 9.96. The SMILES string of the molecule is CC[C@@H]1/C=C/COc2c(F)cccc2[C@H](c2ccccc2)N2CN1C(=O)c1c(OCc3ccccc3)c(=O)ccn12. The first kappa shape index (κ1) is 26.4. The number of carbonyl (C=O) groups excluding carboxylic acids is 1. The summed E-state index contributed by atoms with van der Waals surface area (Å²) in [5, 5.41) is 1.96. The molecular weight excluding hydrogens is 521 g/mol. The molecule has 4 aromatic rings. The van der Waals surface area contributed by atoms with Gasteiger partial charge in [-0.3, -0.25) is 19.3 Å². The Morgan fingerprint density at radius 1 is 0.951 bits per heavy atom. The van der Waals surface area contributed by atoms with Gasteiger partial charge in [0.05, 0.1) is 6.04 Å². The van der Waals surface area contributed by atoms with Crippen molar-refractivity contribution in [2.45, 2.75) is 32.0 Å². The fraction of sp³-hybridized carbons (Fsp3) is 0.212. The van der Waals surface area contributed by atoms with Crippen LogP contribution in [-0.2, 0) is 6.61 Å². The molecule has 0 spiro atoms. The maximum absolute atomic E-state index is 15.3. The van der Waals surface area contributed by atoms with E-state index in [9.17, 15) is 9.59 Å². The molecule has 3 heterocycles. The minimum Gasteiger partial charge on any atom is -0.486 e. The van der Waals surface area contributed by atoms with Gasteiger partial charge in [0.15, 0.2) is 23.0 Å². The summed E-state index contributed by atoms with van der Waals surface area (Å²) >= 11 is 0. The van der Waals surface area contributed by atoms with Gasteiger partial charge in [0, 0.05) is 17.8 Å². The van der Waals surface area contributed by atoms with Crippen LogP contribution in [0.3, 0.4) is 0 Å². The Kier molecular flexibility index (Phi) is 7.29. The van der Waals surface area contributed by atoms with Gasteiger partial charge in [-0.05, 0) is 29.7 Å². The summed E-state index contributed by atoms with van der Waals surface area (Å²) in [5.74, 6) is -0.662. The van der Waals surface area contributed by atoms with Crippen molar-refractivity contribution in [3.63, 3.8) is 0 Å². The molecule has 3 aromatic carbocycles. The quantitative estimate of drug-likeness (QED) is 0.310. The largest absolute Gasteiger partial charge is 0.486 e. The number of halogens is 1. The summed E-state index contributed by atoms with van der Waals surface area (Å²) in [6, 6.07) is 24.6. The van der Waals surface area contributed by atoms with Crippen molar-refractivity contribution >= 4 is 5.91 Å². The van der Waals surface area contributed by atoms with Crippen molar-refractivity contribution in [2.75, 3.05) is 18.3 Å². The highest BCUT2D eigenvalue weighted by Gasteiger charge is 2.40. The van der Waals surface area contributed by atoms with E-state index in [4.69, 9.17) is 9.47 Å². The molecule has 0 unspecified atom stereocenters. The fourth-order valence-electron chi connectivity index (χ4n) is 5.52. The predicted molar refractivity (Wildman–Crippen MR) is 154 cm³/mol. The molecule has 7 nitrogen and oxygen atoms in total. The standard InChI is InChI=1S/C33H30FN3O4/c1-2-25-15-10-20-40-31-26(16-9-17-27(31)34)29(24-13-7-4-8-14-24)37-22-35(25)33(39)30-32(28(38)18-19-36(30)37)41-21-23-11-5-3-6-12-23/h3-19,25,29H,2,20-22H2,1H3/b15-10+/t25-,29+/m1/s1. The number of fused-ring (bicyclic) bond motifs is 5. The second-order valence-electron chi connectivity index (χ2n) is 10.0. The van der Waals surface area contributed by atoms with E-state index in [1.807, 2.05) is 90.8 Å². The van der Waals surface area contributed by atoms with Crippen LogP contribution in [-0.4, -0.2) is 34.8 Å². The van der Waals surface area contributed by atoms with Crippen LogP contribution in [0.25, 0.3) is 0 Å². The molecule has 2 atom stereocenters. The smallest absolute Gasteiger partial charge is 0.278 e. The van der Waals surface area contributed by atoms with Crippen LogP contribution in [0.2, 0.25) is 0 Å². The lowest BCUT2D eigenvalue weighted by Gasteiger charge is -2.46. The van der Waals surface area contributed by atoms with Crippen molar-refractivity contribution < 1.29 is 18.7 Å². The van der Waals surface area contributed by atoms with Crippen LogP contribution < -0.4 is 19.9 Å². The van der Waals surface area contributed by atoms with Crippen molar-refractivity contribution in [3.05, 3.63) is 142 Å². The van der Waals surface area contributed by atoms with Crippen molar-refractivity contribution in [1.29, 1.82) is 0 Å². The van der Waals surface area contributed by atoms with Gasteiger partial charge in [0.1, 0.15) is 25.9 Å². The molecule has 0 fully saturated rings. The molecule has 1 amide bonds. The Morgan fingerprint density at radius 2 is 1.71 bits per heavy atom. The van der Waals surface area contributed by atoms with E-state index in [1.165, 1.54) is 12.1 Å². The molecule has 0 N–H and O–H groups in total.